The molecule has 3 rings (SSSR count). The molecule has 0 radical (unpaired) electrons. The second-order valence-corrected chi connectivity index (χ2v) is 7.10. The quantitative estimate of drug-likeness (QED) is 0.825. The zero-order valence-corrected chi connectivity index (χ0v) is 12.5. The van der Waals surface area contributed by atoms with Crippen molar-refractivity contribution in [3.05, 3.63) is 0 Å². The van der Waals surface area contributed by atoms with E-state index in [4.69, 9.17) is 10.8 Å². The average molecular weight is 294 g/mol. The van der Waals surface area contributed by atoms with E-state index >= 15 is 0 Å². The molecule has 21 heavy (non-hydrogen) atoms. The maximum Gasteiger partial charge on any atom is 0.303 e. The summed E-state index contributed by atoms with van der Waals surface area (Å²) in [6.07, 6.45) is 7.27. The lowest BCUT2D eigenvalue weighted by atomic mass is 9.86. The van der Waals surface area contributed by atoms with E-state index in [0.29, 0.717) is 18.4 Å². The van der Waals surface area contributed by atoms with Crippen molar-refractivity contribution in [2.75, 3.05) is 6.54 Å². The summed E-state index contributed by atoms with van der Waals surface area (Å²) < 4.78 is 0. The molecule has 2 aliphatic heterocycles. The van der Waals surface area contributed by atoms with Gasteiger partial charge in [-0.3, -0.25) is 9.59 Å². The van der Waals surface area contributed by atoms with Gasteiger partial charge in [0.1, 0.15) is 0 Å². The minimum Gasteiger partial charge on any atom is -0.481 e. The Morgan fingerprint density at radius 1 is 1.10 bits per heavy atom. The van der Waals surface area contributed by atoms with Gasteiger partial charge in [-0.15, -0.1) is 0 Å². The Kier molecular flexibility index (Phi) is 4.20. The first-order valence-corrected chi connectivity index (χ1v) is 8.34. The van der Waals surface area contributed by atoms with E-state index in [9.17, 15) is 9.59 Å². The SMILES string of the molecule is NCC1CCCC1C(=O)N1C2CCC1CC(CC(=O)O)C2. The van der Waals surface area contributed by atoms with Gasteiger partial charge in [0.05, 0.1) is 0 Å². The van der Waals surface area contributed by atoms with Crippen LogP contribution in [0.3, 0.4) is 0 Å². The minimum absolute atomic E-state index is 0.120. The van der Waals surface area contributed by atoms with Crippen molar-refractivity contribution in [2.45, 2.75) is 63.5 Å². The number of carboxylic acids is 1. The molecule has 1 amide bonds. The summed E-state index contributed by atoms with van der Waals surface area (Å²) in [4.78, 5) is 25.9. The number of rotatable bonds is 4. The fourth-order valence-corrected chi connectivity index (χ4v) is 4.90. The lowest BCUT2D eigenvalue weighted by Crippen LogP contribution is -2.50. The molecule has 2 heterocycles. The fourth-order valence-electron chi connectivity index (χ4n) is 4.90. The van der Waals surface area contributed by atoms with Gasteiger partial charge in [-0.05, 0) is 56.9 Å². The van der Waals surface area contributed by atoms with Crippen LogP contribution in [0.15, 0.2) is 0 Å². The monoisotopic (exact) mass is 294 g/mol. The number of carboxylic acid groups (broad SMARTS) is 1. The van der Waals surface area contributed by atoms with E-state index in [0.717, 1.165) is 44.9 Å². The van der Waals surface area contributed by atoms with Gasteiger partial charge in [-0.25, -0.2) is 0 Å². The molecule has 1 saturated carbocycles. The Hall–Kier alpha value is -1.10. The predicted molar refractivity (Wildman–Crippen MR) is 78.5 cm³/mol. The van der Waals surface area contributed by atoms with Crippen molar-refractivity contribution in [1.29, 1.82) is 0 Å². The smallest absolute Gasteiger partial charge is 0.303 e. The number of carbonyl (C=O) groups excluding carboxylic acids is 1. The zero-order chi connectivity index (χ0) is 15.0. The molecular formula is C16H26N2O3. The molecule has 5 heteroatoms. The largest absolute Gasteiger partial charge is 0.481 e. The van der Waals surface area contributed by atoms with Crippen LogP contribution in [0.2, 0.25) is 0 Å². The third-order valence-corrected chi connectivity index (χ3v) is 5.83. The molecule has 118 valence electrons. The predicted octanol–water partition coefficient (Wildman–Crippen LogP) is 1.61. The number of amides is 1. The molecule has 0 aromatic heterocycles. The number of aliphatic carboxylic acids is 1. The van der Waals surface area contributed by atoms with Crippen molar-refractivity contribution in [3.8, 4) is 0 Å². The van der Waals surface area contributed by atoms with Crippen LogP contribution in [0, 0.1) is 17.8 Å². The lowest BCUT2D eigenvalue weighted by Gasteiger charge is -2.40. The Bertz CT molecular complexity index is 412. The number of fused-ring (bicyclic) bond motifs is 2. The Balaban J connectivity index is 1.67. The summed E-state index contributed by atoms with van der Waals surface area (Å²) in [6, 6.07) is 0.555. The van der Waals surface area contributed by atoms with E-state index in [1.165, 1.54) is 0 Å². The van der Waals surface area contributed by atoms with Gasteiger partial charge in [-0.1, -0.05) is 6.42 Å². The number of nitrogens with two attached hydrogens (primary N) is 1. The number of hydrogen-bond acceptors (Lipinski definition) is 3. The van der Waals surface area contributed by atoms with Crippen molar-refractivity contribution < 1.29 is 14.7 Å². The standard InChI is InChI=1S/C16H26N2O3/c17-9-11-2-1-3-14(11)16(21)18-12-4-5-13(18)7-10(6-12)8-15(19)20/h10-14H,1-9,17H2,(H,19,20). The number of nitrogens with zero attached hydrogens (tertiary/aromatic N) is 1. The molecule has 5 nitrogen and oxygen atoms in total. The van der Waals surface area contributed by atoms with Gasteiger partial charge in [0, 0.05) is 24.4 Å². The van der Waals surface area contributed by atoms with Gasteiger partial charge in [0.25, 0.3) is 0 Å². The molecule has 1 aliphatic carbocycles. The van der Waals surface area contributed by atoms with Crippen LogP contribution in [0.4, 0.5) is 0 Å². The molecule has 0 aromatic carbocycles. The maximum atomic E-state index is 12.9. The molecule has 4 atom stereocenters. The highest BCUT2D eigenvalue weighted by molar-refractivity contribution is 5.80. The third-order valence-electron chi connectivity index (χ3n) is 5.83. The Morgan fingerprint density at radius 3 is 2.33 bits per heavy atom. The average Bonchev–Trinajstić information content (AvgIpc) is 3.00. The first-order valence-electron chi connectivity index (χ1n) is 8.34. The topological polar surface area (TPSA) is 83.6 Å². The fraction of sp³-hybridized carbons (Fsp3) is 0.875. The molecule has 3 aliphatic rings. The van der Waals surface area contributed by atoms with Crippen molar-refractivity contribution in [3.63, 3.8) is 0 Å². The van der Waals surface area contributed by atoms with Crippen LogP contribution in [-0.4, -0.2) is 40.5 Å². The lowest BCUT2D eigenvalue weighted by molar-refractivity contribution is -0.143. The van der Waals surface area contributed by atoms with Gasteiger partial charge in [0.2, 0.25) is 5.91 Å². The minimum atomic E-state index is -0.710. The maximum absolute atomic E-state index is 12.9. The molecule has 2 bridgehead atoms. The number of piperidine rings is 1. The van der Waals surface area contributed by atoms with E-state index in [1.807, 2.05) is 0 Å². The van der Waals surface area contributed by atoms with Crippen molar-refractivity contribution >= 4 is 11.9 Å². The summed E-state index contributed by atoms with van der Waals surface area (Å²) in [7, 11) is 0. The third kappa shape index (κ3) is 2.80. The summed E-state index contributed by atoms with van der Waals surface area (Å²) in [5, 5.41) is 8.98. The summed E-state index contributed by atoms with van der Waals surface area (Å²) >= 11 is 0. The molecule has 2 saturated heterocycles. The van der Waals surface area contributed by atoms with Crippen LogP contribution < -0.4 is 5.73 Å². The molecule has 3 fully saturated rings. The van der Waals surface area contributed by atoms with Crippen LogP contribution >= 0.6 is 0 Å². The normalized spacial score (nSPS) is 38.7. The van der Waals surface area contributed by atoms with E-state index in [2.05, 4.69) is 4.90 Å². The molecule has 0 aromatic rings. The highest BCUT2D eigenvalue weighted by Crippen LogP contribution is 2.43. The van der Waals surface area contributed by atoms with Crippen LogP contribution in [-0.2, 0) is 9.59 Å². The molecule has 3 N–H and O–H groups in total. The summed E-state index contributed by atoms with van der Waals surface area (Å²) in [5.41, 5.74) is 5.82. The second kappa shape index (κ2) is 5.95. The highest BCUT2D eigenvalue weighted by Gasteiger charge is 2.46. The van der Waals surface area contributed by atoms with Gasteiger partial charge in [0.15, 0.2) is 0 Å². The number of carbonyl (C=O) groups is 2. The first-order chi connectivity index (χ1) is 10.1. The Labute approximate surface area is 125 Å². The number of hydrogen-bond donors (Lipinski definition) is 2. The molecule has 4 unspecified atom stereocenters. The second-order valence-electron chi connectivity index (χ2n) is 7.10. The first kappa shape index (κ1) is 14.8. The van der Waals surface area contributed by atoms with Crippen LogP contribution in [0.25, 0.3) is 0 Å². The molecular weight excluding hydrogens is 268 g/mol. The summed E-state index contributed by atoms with van der Waals surface area (Å²) in [5.74, 6) is 0.322. The van der Waals surface area contributed by atoms with E-state index in [-0.39, 0.29) is 30.3 Å². The van der Waals surface area contributed by atoms with E-state index in [1.54, 1.807) is 0 Å². The van der Waals surface area contributed by atoms with Gasteiger partial charge < -0.3 is 15.7 Å². The summed E-state index contributed by atoms with van der Waals surface area (Å²) in [6.45, 7) is 0.612. The van der Waals surface area contributed by atoms with Crippen LogP contribution in [0.1, 0.15) is 51.4 Å². The zero-order valence-electron chi connectivity index (χ0n) is 12.5. The Morgan fingerprint density at radius 2 is 1.76 bits per heavy atom. The van der Waals surface area contributed by atoms with Gasteiger partial charge >= 0.3 is 5.97 Å². The van der Waals surface area contributed by atoms with Gasteiger partial charge in [-0.2, -0.15) is 0 Å². The van der Waals surface area contributed by atoms with E-state index < -0.39 is 5.97 Å². The highest BCUT2D eigenvalue weighted by atomic mass is 16.4. The van der Waals surface area contributed by atoms with Crippen molar-refractivity contribution in [2.24, 2.45) is 23.5 Å². The molecule has 0 spiro atoms. The van der Waals surface area contributed by atoms with Crippen LogP contribution in [0.5, 0.6) is 0 Å². The van der Waals surface area contributed by atoms with Crippen molar-refractivity contribution in [1.82, 2.24) is 4.90 Å².